The fourth-order valence-electron chi connectivity index (χ4n) is 4.26. The topological polar surface area (TPSA) is 3.24 Å². The van der Waals surface area contributed by atoms with E-state index in [9.17, 15) is 0 Å². The molecule has 114 valence electrons. The van der Waals surface area contributed by atoms with Gasteiger partial charge in [-0.2, -0.15) is 0 Å². The average Bonchev–Trinajstić information content (AvgIpc) is 2.62. The lowest BCUT2D eigenvalue weighted by molar-refractivity contribution is 0.0469. The smallest absolute Gasteiger partial charge is 0.00124 e. The summed E-state index contributed by atoms with van der Waals surface area (Å²) in [6.07, 6.45) is 5.49. The third-order valence-electron chi connectivity index (χ3n) is 5.66. The van der Waals surface area contributed by atoms with Crippen LogP contribution >= 0.6 is 0 Å². The fraction of sp³-hybridized carbons (Fsp3) is 0.429. The Morgan fingerprint density at radius 2 is 1.50 bits per heavy atom. The highest BCUT2D eigenvalue weighted by molar-refractivity contribution is 5.63. The minimum absolute atomic E-state index is 0.941. The van der Waals surface area contributed by atoms with Gasteiger partial charge in [0.15, 0.2) is 0 Å². The number of rotatable bonds is 4. The molecule has 0 N–H and O–H groups in total. The van der Waals surface area contributed by atoms with E-state index < -0.39 is 0 Å². The summed E-state index contributed by atoms with van der Waals surface area (Å²) in [5.74, 6) is 1.95. The van der Waals surface area contributed by atoms with Crippen molar-refractivity contribution in [2.45, 2.75) is 25.7 Å². The minimum Gasteiger partial charge on any atom is -0.303 e. The van der Waals surface area contributed by atoms with Crippen LogP contribution in [0.2, 0.25) is 0 Å². The summed E-state index contributed by atoms with van der Waals surface area (Å²) in [5, 5.41) is 0. The Balaban J connectivity index is 1.38. The van der Waals surface area contributed by atoms with E-state index in [1.807, 2.05) is 0 Å². The zero-order chi connectivity index (χ0) is 14.8. The zero-order valence-corrected chi connectivity index (χ0v) is 13.2. The van der Waals surface area contributed by atoms with E-state index in [0.717, 1.165) is 11.8 Å². The van der Waals surface area contributed by atoms with Crippen LogP contribution < -0.4 is 0 Å². The van der Waals surface area contributed by atoms with Crippen LogP contribution in [-0.2, 0) is 6.42 Å². The molecule has 1 heteroatoms. The number of nitrogens with zero attached hydrogens (tertiary/aromatic N) is 1. The number of aryl methyl sites for hydroxylation is 1. The van der Waals surface area contributed by atoms with Crippen LogP contribution in [0.25, 0.3) is 11.1 Å². The summed E-state index contributed by atoms with van der Waals surface area (Å²) in [7, 11) is 0. The molecular formula is C21H25N. The van der Waals surface area contributed by atoms with Crippen LogP contribution in [0.3, 0.4) is 0 Å². The number of benzene rings is 2. The van der Waals surface area contributed by atoms with Gasteiger partial charge in [-0.15, -0.1) is 0 Å². The molecule has 3 saturated heterocycles. The number of piperidine rings is 3. The van der Waals surface area contributed by atoms with E-state index in [1.165, 1.54) is 62.0 Å². The van der Waals surface area contributed by atoms with E-state index in [1.54, 1.807) is 0 Å². The molecule has 3 heterocycles. The molecule has 0 aromatic heterocycles. The summed E-state index contributed by atoms with van der Waals surface area (Å²) in [6.45, 7) is 4.06. The summed E-state index contributed by atoms with van der Waals surface area (Å²) >= 11 is 0. The van der Waals surface area contributed by atoms with Gasteiger partial charge < -0.3 is 4.90 Å². The molecule has 5 rings (SSSR count). The van der Waals surface area contributed by atoms with Crippen LogP contribution in [0.15, 0.2) is 54.6 Å². The predicted molar refractivity (Wildman–Crippen MR) is 92.9 cm³/mol. The second kappa shape index (κ2) is 6.26. The van der Waals surface area contributed by atoms with Crippen molar-refractivity contribution >= 4 is 0 Å². The van der Waals surface area contributed by atoms with E-state index in [2.05, 4.69) is 59.5 Å². The van der Waals surface area contributed by atoms with Crippen molar-refractivity contribution in [3.05, 3.63) is 60.2 Å². The molecular weight excluding hydrogens is 266 g/mol. The third-order valence-corrected chi connectivity index (χ3v) is 5.66. The Kier molecular flexibility index (Phi) is 3.99. The fourth-order valence-corrected chi connectivity index (χ4v) is 4.26. The Morgan fingerprint density at radius 3 is 2.14 bits per heavy atom. The van der Waals surface area contributed by atoms with E-state index >= 15 is 0 Å². The van der Waals surface area contributed by atoms with Crippen LogP contribution in [0.5, 0.6) is 0 Å². The van der Waals surface area contributed by atoms with Crippen LogP contribution in [0.1, 0.15) is 24.8 Å². The molecule has 0 amide bonds. The lowest BCUT2D eigenvalue weighted by atomic mass is 9.76. The van der Waals surface area contributed by atoms with Crippen molar-refractivity contribution in [2.75, 3.05) is 19.6 Å². The second-order valence-electron chi connectivity index (χ2n) is 7.00. The van der Waals surface area contributed by atoms with Gasteiger partial charge in [-0.25, -0.2) is 0 Å². The lowest BCUT2D eigenvalue weighted by Gasteiger charge is -2.45. The van der Waals surface area contributed by atoms with Gasteiger partial charge in [-0.05, 0) is 67.3 Å². The molecule has 2 bridgehead atoms. The minimum atomic E-state index is 0.941. The molecule has 1 atom stereocenters. The Morgan fingerprint density at radius 1 is 0.818 bits per heavy atom. The average molecular weight is 291 g/mol. The molecule has 3 fully saturated rings. The first-order valence-corrected chi connectivity index (χ1v) is 8.75. The quantitative estimate of drug-likeness (QED) is 0.794. The van der Waals surface area contributed by atoms with Crippen molar-refractivity contribution in [3.8, 4) is 11.1 Å². The van der Waals surface area contributed by atoms with Gasteiger partial charge in [0.2, 0.25) is 0 Å². The lowest BCUT2D eigenvalue weighted by Crippen LogP contribution is -2.47. The van der Waals surface area contributed by atoms with Crippen molar-refractivity contribution in [3.63, 3.8) is 0 Å². The number of hydrogen-bond donors (Lipinski definition) is 0. The first-order valence-electron chi connectivity index (χ1n) is 8.75. The summed E-state index contributed by atoms with van der Waals surface area (Å²) in [4.78, 5) is 2.67. The van der Waals surface area contributed by atoms with Crippen molar-refractivity contribution < 1.29 is 0 Å². The molecule has 1 nitrogen and oxygen atoms in total. The Hall–Kier alpha value is -1.60. The molecule has 0 radical (unpaired) electrons. The SMILES string of the molecule is c1ccc(-c2ccc(CCC3CN4CCC3CC4)cc2)cc1. The molecule has 3 aliphatic heterocycles. The first kappa shape index (κ1) is 14.0. The molecule has 0 spiro atoms. The van der Waals surface area contributed by atoms with E-state index in [4.69, 9.17) is 0 Å². The van der Waals surface area contributed by atoms with E-state index in [-0.39, 0.29) is 0 Å². The largest absolute Gasteiger partial charge is 0.303 e. The molecule has 0 saturated carbocycles. The van der Waals surface area contributed by atoms with E-state index in [0.29, 0.717) is 0 Å². The normalized spacial score (nSPS) is 27.0. The van der Waals surface area contributed by atoms with Gasteiger partial charge in [0, 0.05) is 6.54 Å². The maximum absolute atomic E-state index is 2.67. The third kappa shape index (κ3) is 2.96. The zero-order valence-electron chi connectivity index (χ0n) is 13.2. The monoisotopic (exact) mass is 291 g/mol. The molecule has 2 aromatic rings. The van der Waals surface area contributed by atoms with Gasteiger partial charge in [-0.3, -0.25) is 0 Å². The molecule has 0 aliphatic carbocycles. The Labute approximate surface area is 134 Å². The predicted octanol–water partition coefficient (Wildman–Crippen LogP) is 4.63. The van der Waals surface area contributed by atoms with Gasteiger partial charge >= 0.3 is 0 Å². The van der Waals surface area contributed by atoms with Crippen LogP contribution in [0, 0.1) is 11.8 Å². The van der Waals surface area contributed by atoms with Gasteiger partial charge in [0.25, 0.3) is 0 Å². The molecule has 22 heavy (non-hydrogen) atoms. The summed E-state index contributed by atoms with van der Waals surface area (Å²) in [6, 6.07) is 19.9. The second-order valence-corrected chi connectivity index (χ2v) is 7.00. The summed E-state index contributed by atoms with van der Waals surface area (Å²) in [5.41, 5.74) is 4.13. The van der Waals surface area contributed by atoms with Gasteiger partial charge in [0.1, 0.15) is 0 Å². The van der Waals surface area contributed by atoms with Gasteiger partial charge in [0.05, 0.1) is 0 Å². The standard InChI is InChI=1S/C21H25N/c1-2-4-18(5-3-1)19-9-6-17(7-10-19)8-11-21-16-22-14-12-20(21)13-15-22/h1-7,9-10,20-21H,8,11-16H2. The van der Waals surface area contributed by atoms with Crippen LogP contribution in [0.4, 0.5) is 0 Å². The maximum Gasteiger partial charge on any atom is 0.00124 e. The Bertz CT molecular complexity index is 594. The molecule has 2 aromatic carbocycles. The maximum atomic E-state index is 2.67. The first-order chi connectivity index (χ1) is 10.9. The van der Waals surface area contributed by atoms with Gasteiger partial charge in [-0.1, -0.05) is 54.6 Å². The number of hydrogen-bond acceptors (Lipinski definition) is 1. The molecule has 3 aliphatic rings. The van der Waals surface area contributed by atoms with Crippen molar-refractivity contribution in [1.82, 2.24) is 4.90 Å². The van der Waals surface area contributed by atoms with Crippen molar-refractivity contribution in [2.24, 2.45) is 11.8 Å². The summed E-state index contributed by atoms with van der Waals surface area (Å²) < 4.78 is 0. The highest BCUT2D eigenvalue weighted by Gasteiger charge is 2.33. The molecule has 1 unspecified atom stereocenters. The highest BCUT2D eigenvalue weighted by Crippen LogP contribution is 2.35. The van der Waals surface area contributed by atoms with Crippen LogP contribution in [-0.4, -0.2) is 24.5 Å². The highest BCUT2D eigenvalue weighted by atomic mass is 15.1. The van der Waals surface area contributed by atoms with Crippen molar-refractivity contribution in [1.29, 1.82) is 0 Å². The number of fused-ring (bicyclic) bond motifs is 3.